The quantitative estimate of drug-likeness (QED) is 0.106. The Labute approximate surface area is 316 Å². The number of carbonyl (C=O) groups is 5. The normalized spacial score (nSPS) is 36.7. The van der Waals surface area contributed by atoms with Crippen LogP contribution in [0.1, 0.15) is 79.1 Å². The number of hydrogen-bond donors (Lipinski definition) is 1. The van der Waals surface area contributed by atoms with Crippen molar-refractivity contribution < 1.29 is 61.9 Å². The van der Waals surface area contributed by atoms with E-state index in [2.05, 4.69) is 20.8 Å². The lowest BCUT2D eigenvalue weighted by molar-refractivity contribution is -0.344. The zero-order chi connectivity index (χ0) is 39.6. The number of Topliss-reactive ketones (excluding diaryl/α,β-unsaturated/α-hetero) is 1. The van der Waals surface area contributed by atoms with Gasteiger partial charge in [0.05, 0.1) is 29.6 Å². The molecule has 6 rings (SSSR count). The lowest BCUT2D eigenvalue weighted by Gasteiger charge is -2.68. The van der Waals surface area contributed by atoms with Crippen LogP contribution >= 0.6 is 0 Å². The molecular formula is C40H52O13Si. The van der Waals surface area contributed by atoms with E-state index in [4.69, 9.17) is 32.8 Å². The molecule has 2 bridgehead atoms. The summed E-state index contributed by atoms with van der Waals surface area (Å²) in [6, 6.07) is 10.3. The smallest absolute Gasteiger partial charge is 0.454 e. The number of allylic oxidation sites excluding steroid dienone is 1. The molecule has 54 heavy (non-hydrogen) atoms. The Morgan fingerprint density at radius 2 is 1.67 bits per heavy atom. The van der Waals surface area contributed by atoms with Crippen LogP contribution in [0, 0.1) is 16.7 Å². The second kappa shape index (κ2) is 14.0. The monoisotopic (exact) mass is 768 g/mol. The Balaban J connectivity index is 1.75. The minimum Gasteiger partial charge on any atom is -0.454 e. The molecule has 1 aromatic carbocycles. The number of esters is 3. The van der Waals surface area contributed by atoms with Crippen molar-refractivity contribution in [3.63, 3.8) is 0 Å². The summed E-state index contributed by atoms with van der Waals surface area (Å²) < 4.78 is 44.6. The summed E-state index contributed by atoms with van der Waals surface area (Å²) in [6.45, 7) is 15.4. The molecule has 1 spiro atoms. The largest absolute Gasteiger partial charge is 0.509 e. The van der Waals surface area contributed by atoms with E-state index in [1.807, 2.05) is 0 Å². The van der Waals surface area contributed by atoms with Gasteiger partial charge in [0, 0.05) is 24.8 Å². The molecule has 1 N–H and O–H groups in total. The number of rotatable bonds is 10. The third-order valence-electron chi connectivity index (χ3n) is 13.2. The van der Waals surface area contributed by atoms with Gasteiger partial charge >= 0.3 is 24.1 Å². The summed E-state index contributed by atoms with van der Waals surface area (Å²) in [5.41, 5.74) is -6.46. The maximum atomic E-state index is 16.0. The predicted molar refractivity (Wildman–Crippen MR) is 194 cm³/mol. The van der Waals surface area contributed by atoms with Crippen LogP contribution in [0.15, 0.2) is 53.6 Å². The second-order valence-corrected chi connectivity index (χ2v) is 20.6. The average Bonchev–Trinajstić information content (AvgIpc) is 3.50. The molecular weight excluding hydrogens is 717 g/mol. The van der Waals surface area contributed by atoms with Crippen LogP contribution in [0.2, 0.25) is 18.1 Å². The van der Waals surface area contributed by atoms with Crippen LogP contribution in [0.4, 0.5) is 4.79 Å². The van der Waals surface area contributed by atoms with Gasteiger partial charge in [-0.1, -0.05) is 58.9 Å². The summed E-state index contributed by atoms with van der Waals surface area (Å²) in [4.78, 5) is 70.7. The molecule has 0 amide bonds. The number of fused-ring (bicyclic) bond motifs is 4. The molecule has 1 aromatic rings. The fourth-order valence-electron chi connectivity index (χ4n) is 10.2. The van der Waals surface area contributed by atoms with E-state index in [-0.39, 0.29) is 29.7 Å². The molecule has 10 atom stereocenters. The molecule has 3 aliphatic carbocycles. The van der Waals surface area contributed by atoms with Crippen LogP contribution in [0.3, 0.4) is 0 Å². The van der Waals surface area contributed by atoms with E-state index in [9.17, 15) is 24.3 Å². The fourth-order valence-corrected chi connectivity index (χ4v) is 13.2. The molecule has 294 valence electrons. The summed E-state index contributed by atoms with van der Waals surface area (Å²) in [7, 11) is -2.57. The summed E-state index contributed by atoms with van der Waals surface area (Å²) in [6.07, 6.45) is -6.47. The van der Waals surface area contributed by atoms with Gasteiger partial charge < -0.3 is 38.0 Å². The molecule has 4 fully saturated rings. The zero-order valence-corrected chi connectivity index (χ0v) is 33.5. The van der Waals surface area contributed by atoms with Crippen LogP contribution in [0.25, 0.3) is 0 Å². The molecule has 2 aliphatic heterocycles. The van der Waals surface area contributed by atoms with E-state index in [0.29, 0.717) is 0 Å². The van der Waals surface area contributed by atoms with E-state index in [1.165, 1.54) is 19.1 Å². The van der Waals surface area contributed by atoms with Crippen molar-refractivity contribution in [1.29, 1.82) is 0 Å². The summed E-state index contributed by atoms with van der Waals surface area (Å²) in [5.74, 6) is -4.28. The highest BCUT2D eigenvalue weighted by molar-refractivity contribution is 6.73. The molecule has 0 aromatic heterocycles. The lowest BCUT2D eigenvalue weighted by atomic mass is 9.44. The van der Waals surface area contributed by atoms with Gasteiger partial charge in [-0.05, 0) is 62.2 Å². The molecule has 2 saturated heterocycles. The van der Waals surface area contributed by atoms with Gasteiger partial charge in [0.2, 0.25) is 5.60 Å². The van der Waals surface area contributed by atoms with Gasteiger partial charge in [-0.25, -0.2) is 14.4 Å². The van der Waals surface area contributed by atoms with E-state index >= 15 is 4.79 Å². The Morgan fingerprint density at radius 3 is 2.22 bits per heavy atom. The topological polar surface area (TPSA) is 170 Å². The minimum atomic E-state index is -2.57. The number of carbonyl (C=O) groups excluding carboxylic acids is 5. The Kier molecular flexibility index (Phi) is 10.3. The van der Waals surface area contributed by atoms with E-state index < -0.39 is 103 Å². The highest BCUT2D eigenvalue weighted by atomic mass is 28.4. The Hall–Kier alpha value is -3.85. The van der Waals surface area contributed by atoms with Gasteiger partial charge in [-0.2, -0.15) is 0 Å². The number of ether oxygens (including phenoxy) is 6. The highest BCUT2D eigenvalue weighted by Gasteiger charge is 2.83. The van der Waals surface area contributed by atoms with Crippen molar-refractivity contribution in [2.45, 2.75) is 135 Å². The molecule has 2 unspecified atom stereocenters. The first-order valence-corrected chi connectivity index (χ1v) is 21.4. The highest BCUT2D eigenvalue weighted by Crippen LogP contribution is 2.67. The van der Waals surface area contributed by atoms with Crippen LogP contribution < -0.4 is 0 Å². The predicted octanol–water partition coefficient (Wildman–Crippen LogP) is 5.39. The average molecular weight is 769 g/mol. The molecule has 2 heterocycles. The zero-order valence-electron chi connectivity index (χ0n) is 32.5. The van der Waals surface area contributed by atoms with Crippen molar-refractivity contribution in [2.75, 3.05) is 6.61 Å². The fraction of sp³-hybridized carbons (Fsp3) is 0.625. The van der Waals surface area contributed by atoms with Crippen molar-refractivity contribution >= 4 is 38.2 Å². The van der Waals surface area contributed by atoms with Gasteiger partial charge in [0.1, 0.15) is 12.2 Å². The lowest BCUT2D eigenvalue weighted by Crippen LogP contribution is -2.83. The first-order chi connectivity index (χ1) is 25.4. The van der Waals surface area contributed by atoms with Gasteiger partial charge in [-0.3, -0.25) is 9.59 Å². The number of benzene rings is 1. The second-order valence-electron chi connectivity index (χ2n) is 15.9. The minimum absolute atomic E-state index is 0.117. The Morgan fingerprint density at radius 1 is 1.02 bits per heavy atom. The van der Waals surface area contributed by atoms with E-state index in [0.717, 1.165) is 18.1 Å². The molecule has 0 radical (unpaired) electrons. The molecule has 5 aliphatic rings. The first-order valence-electron chi connectivity index (χ1n) is 18.9. The number of hydrogen-bond acceptors (Lipinski definition) is 13. The SMILES string of the molecule is C/C=C/C(=O)O[C@H]1C(=O)[C@@]2(C)C(C(OC(=O)c3ccccc3)[C@]34OC(=O)O[C@H]3[C@H](O)C(C)=C1C4(C)C)[C@]1(OC(C)=O)CO[C@@H]1C[C@@H]2O[Si](CC)(CC)CC. The van der Waals surface area contributed by atoms with Crippen LogP contribution in [-0.2, 0) is 47.2 Å². The third kappa shape index (κ3) is 5.61. The molecule has 2 saturated carbocycles. The van der Waals surface area contributed by atoms with Crippen molar-refractivity contribution in [3.05, 3.63) is 59.2 Å². The summed E-state index contributed by atoms with van der Waals surface area (Å²) in [5, 5.41) is 12.1. The van der Waals surface area contributed by atoms with Crippen molar-refractivity contribution in [3.8, 4) is 0 Å². The van der Waals surface area contributed by atoms with Gasteiger partial charge in [-0.15, -0.1) is 0 Å². The maximum absolute atomic E-state index is 16.0. The van der Waals surface area contributed by atoms with E-state index in [1.54, 1.807) is 65.0 Å². The molecule has 13 nitrogen and oxygen atoms in total. The van der Waals surface area contributed by atoms with Gasteiger partial charge in [0.25, 0.3) is 0 Å². The number of aliphatic hydroxyl groups is 1. The standard InChI is InChI=1S/C40H52O13Si/c1-10-17-27(42)48-30-28-22(5)29(43)33-40(37(28,7)8,52-36(46)50-33)34(49-35(45)24-18-15-14-16-19-24)31-38(9,32(30)44)25(53-54(11-2,12-3)13-4)20-26-39(31,21-47-26)51-23(6)41/h10,14-19,25-26,29-31,33-34,43H,11-13,20-21H2,1-9H3/b17-10+/t25-,26+,29+,30+,31?,33-,34?,38+,39-,40+/m0/s1. The van der Waals surface area contributed by atoms with Crippen molar-refractivity contribution in [1.82, 2.24) is 0 Å². The first kappa shape index (κ1) is 39.8. The summed E-state index contributed by atoms with van der Waals surface area (Å²) >= 11 is 0. The maximum Gasteiger partial charge on any atom is 0.509 e. The Bertz CT molecular complexity index is 1760. The third-order valence-corrected chi connectivity index (χ3v) is 17.9. The molecule has 14 heteroatoms. The van der Waals surface area contributed by atoms with Crippen LogP contribution in [0.5, 0.6) is 0 Å². The van der Waals surface area contributed by atoms with Crippen LogP contribution in [-0.4, -0.2) is 97.7 Å². The van der Waals surface area contributed by atoms with Crippen molar-refractivity contribution in [2.24, 2.45) is 16.7 Å². The van der Waals surface area contributed by atoms with Gasteiger partial charge in [0.15, 0.2) is 38.0 Å². The number of ketones is 1. The number of aliphatic hydroxyl groups excluding tert-OH is 1.